The third-order valence-corrected chi connectivity index (χ3v) is 6.06. The van der Waals surface area contributed by atoms with E-state index >= 15 is 0 Å². The van der Waals surface area contributed by atoms with Crippen LogP contribution in [-0.2, 0) is 4.79 Å². The summed E-state index contributed by atoms with van der Waals surface area (Å²) in [6, 6.07) is 11.8. The summed E-state index contributed by atoms with van der Waals surface area (Å²) in [5.74, 6) is 0.518. The zero-order valence-corrected chi connectivity index (χ0v) is 20.5. The van der Waals surface area contributed by atoms with Gasteiger partial charge < -0.3 is 24.6 Å². The molecule has 182 valence electrons. The molecule has 1 aliphatic heterocycles. The third-order valence-electron chi connectivity index (χ3n) is 6.06. The zero-order chi connectivity index (χ0) is 24.8. The molecular weight excluding hydrogens is 434 g/mol. The summed E-state index contributed by atoms with van der Waals surface area (Å²) in [5.41, 5.74) is 2.08. The molecule has 1 atom stereocenters. The Morgan fingerprint density at radius 3 is 1.88 bits per heavy atom. The standard InChI is InChI=1S/C26H33N3O5/c1-17(2)24(27-25(31)20-14-22(33-4)16-23(15-20)34-5)26(32)29-12-10-28(11-13-29)21-8-6-19(7-9-21)18(3)30/h6-9,14-17,24H,10-13H2,1-5H3,(H,27,31). The molecule has 0 saturated carbocycles. The number of nitrogens with one attached hydrogen (secondary N) is 1. The number of rotatable bonds is 8. The van der Waals surface area contributed by atoms with Gasteiger partial charge in [0.05, 0.1) is 14.2 Å². The molecule has 1 saturated heterocycles. The summed E-state index contributed by atoms with van der Waals surface area (Å²) in [6.07, 6.45) is 0. The largest absolute Gasteiger partial charge is 0.497 e. The van der Waals surface area contributed by atoms with Gasteiger partial charge in [0.1, 0.15) is 17.5 Å². The van der Waals surface area contributed by atoms with E-state index in [-0.39, 0.29) is 23.5 Å². The first kappa shape index (κ1) is 25.1. The number of hydrogen-bond donors (Lipinski definition) is 1. The van der Waals surface area contributed by atoms with Crippen molar-refractivity contribution in [2.45, 2.75) is 26.8 Å². The van der Waals surface area contributed by atoms with E-state index in [0.29, 0.717) is 48.8 Å². The third kappa shape index (κ3) is 5.87. The number of benzene rings is 2. The SMILES string of the molecule is COc1cc(OC)cc(C(=O)NC(C(=O)N2CCN(c3ccc(C(C)=O)cc3)CC2)C(C)C)c1. The van der Waals surface area contributed by atoms with E-state index in [4.69, 9.17) is 9.47 Å². The van der Waals surface area contributed by atoms with Crippen molar-refractivity contribution in [3.8, 4) is 11.5 Å². The fourth-order valence-electron chi connectivity index (χ4n) is 3.97. The fraction of sp³-hybridized carbons (Fsp3) is 0.423. The summed E-state index contributed by atoms with van der Waals surface area (Å²) in [5, 5.41) is 2.91. The second-order valence-corrected chi connectivity index (χ2v) is 8.71. The van der Waals surface area contributed by atoms with Crippen LogP contribution in [0.1, 0.15) is 41.5 Å². The number of nitrogens with zero attached hydrogens (tertiary/aromatic N) is 2. The Hall–Kier alpha value is -3.55. The van der Waals surface area contributed by atoms with Crippen molar-refractivity contribution in [1.82, 2.24) is 10.2 Å². The lowest BCUT2D eigenvalue weighted by molar-refractivity contribution is -0.134. The topological polar surface area (TPSA) is 88.2 Å². The van der Waals surface area contributed by atoms with Gasteiger partial charge in [-0.15, -0.1) is 0 Å². The van der Waals surface area contributed by atoms with Crippen LogP contribution < -0.4 is 19.7 Å². The highest BCUT2D eigenvalue weighted by Gasteiger charge is 2.31. The number of ether oxygens (including phenoxy) is 2. The van der Waals surface area contributed by atoms with Crippen molar-refractivity contribution >= 4 is 23.3 Å². The second kappa shape index (κ2) is 11.0. The maximum Gasteiger partial charge on any atom is 0.252 e. The van der Waals surface area contributed by atoms with Crippen molar-refractivity contribution in [3.05, 3.63) is 53.6 Å². The zero-order valence-electron chi connectivity index (χ0n) is 20.5. The Balaban J connectivity index is 1.65. The molecule has 1 N–H and O–H groups in total. The van der Waals surface area contributed by atoms with Gasteiger partial charge in [-0.1, -0.05) is 13.8 Å². The van der Waals surface area contributed by atoms with Crippen LogP contribution in [0.15, 0.2) is 42.5 Å². The molecule has 2 amide bonds. The molecule has 34 heavy (non-hydrogen) atoms. The van der Waals surface area contributed by atoms with E-state index in [1.54, 1.807) is 30.0 Å². The molecule has 0 spiro atoms. The molecule has 1 fully saturated rings. The van der Waals surface area contributed by atoms with Gasteiger partial charge in [0.2, 0.25) is 5.91 Å². The minimum Gasteiger partial charge on any atom is -0.497 e. The number of anilines is 1. The Morgan fingerprint density at radius 2 is 1.41 bits per heavy atom. The first-order chi connectivity index (χ1) is 16.2. The number of Topliss-reactive ketones (excluding diaryl/α,β-unsaturated/α-hetero) is 1. The molecule has 1 heterocycles. The highest BCUT2D eigenvalue weighted by atomic mass is 16.5. The lowest BCUT2D eigenvalue weighted by Crippen LogP contribution is -2.56. The summed E-state index contributed by atoms with van der Waals surface area (Å²) in [4.78, 5) is 41.8. The first-order valence-electron chi connectivity index (χ1n) is 11.4. The van der Waals surface area contributed by atoms with Crippen LogP contribution in [0, 0.1) is 5.92 Å². The van der Waals surface area contributed by atoms with Crippen LogP contribution in [0.3, 0.4) is 0 Å². The lowest BCUT2D eigenvalue weighted by Gasteiger charge is -2.38. The molecule has 0 radical (unpaired) electrons. The lowest BCUT2D eigenvalue weighted by atomic mass is 10.0. The van der Waals surface area contributed by atoms with Crippen LogP contribution in [0.4, 0.5) is 5.69 Å². The number of amides is 2. The van der Waals surface area contributed by atoms with E-state index in [9.17, 15) is 14.4 Å². The summed E-state index contributed by atoms with van der Waals surface area (Å²) >= 11 is 0. The Kier molecular flexibility index (Phi) is 8.15. The van der Waals surface area contributed by atoms with Gasteiger partial charge >= 0.3 is 0 Å². The number of hydrogen-bond acceptors (Lipinski definition) is 6. The minimum absolute atomic E-state index is 0.0381. The van der Waals surface area contributed by atoms with Gasteiger partial charge in [-0.25, -0.2) is 0 Å². The highest BCUT2D eigenvalue weighted by molar-refractivity contribution is 5.98. The van der Waals surface area contributed by atoms with Crippen molar-refractivity contribution in [2.24, 2.45) is 5.92 Å². The Labute approximate surface area is 200 Å². The fourth-order valence-corrected chi connectivity index (χ4v) is 3.97. The van der Waals surface area contributed by atoms with Crippen LogP contribution in [0.2, 0.25) is 0 Å². The molecular formula is C26H33N3O5. The number of ketones is 1. The van der Waals surface area contributed by atoms with E-state index in [0.717, 1.165) is 5.69 Å². The molecule has 0 aromatic heterocycles. The molecule has 8 nitrogen and oxygen atoms in total. The van der Waals surface area contributed by atoms with Crippen molar-refractivity contribution in [1.29, 1.82) is 0 Å². The Bertz CT molecular complexity index is 1000. The average molecular weight is 468 g/mol. The summed E-state index contributed by atoms with van der Waals surface area (Å²) in [7, 11) is 3.04. The Morgan fingerprint density at radius 1 is 0.853 bits per heavy atom. The normalized spacial score (nSPS) is 14.5. The molecule has 0 aliphatic carbocycles. The number of piperazine rings is 1. The highest BCUT2D eigenvalue weighted by Crippen LogP contribution is 2.23. The van der Waals surface area contributed by atoms with Gasteiger partial charge in [-0.05, 0) is 49.2 Å². The first-order valence-corrected chi connectivity index (χ1v) is 11.4. The van der Waals surface area contributed by atoms with E-state index < -0.39 is 6.04 Å². The minimum atomic E-state index is -0.647. The summed E-state index contributed by atoms with van der Waals surface area (Å²) in [6.45, 7) is 7.85. The quantitative estimate of drug-likeness (QED) is 0.601. The summed E-state index contributed by atoms with van der Waals surface area (Å²) < 4.78 is 10.5. The molecule has 1 aliphatic rings. The predicted molar refractivity (Wildman–Crippen MR) is 131 cm³/mol. The van der Waals surface area contributed by atoms with Crippen molar-refractivity contribution in [2.75, 3.05) is 45.3 Å². The van der Waals surface area contributed by atoms with Gasteiger partial charge in [0, 0.05) is 49.1 Å². The number of carbonyl (C=O) groups is 3. The van der Waals surface area contributed by atoms with Crippen LogP contribution >= 0.6 is 0 Å². The van der Waals surface area contributed by atoms with Gasteiger partial charge in [0.25, 0.3) is 5.91 Å². The van der Waals surface area contributed by atoms with Gasteiger partial charge in [-0.3, -0.25) is 14.4 Å². The van der Waals surface area contributed by atoms with Gasteiger partial charge in [0.15, 0.2) is 5.78 Å². The van der Waals surface area contributed by atoms with E-state index in [1.165, 1.54) is 14.2 Å². The van der Waals surface area contributed by atoms with Crippen molar-refractivity contribution < 1.29 is 23.9 Å². The maximum atomic E-state index is 13.3. The average Bonchev–Trinajstić information content (AvgIpc) is 2.86. The smallest absolute Gasteiger partial charge is 0.252 e. The molecule has 2 aromatic rings. The van der Waals surface area contributed by atoms with Crippen LogP contribution in [0.5, 0.6) is 11.5 Å². The monoisotopic (exact) mass is 467 g/mol. The van der Waals surface area contributed by atoms with Crippen LogP contribution in [-0.4, -0.2) is 68.9 Å². The van der Waals surface area contributed by atoms with Gasteiger partial charge in [-0.2, -0.15) is 0 Å². The predicted octanol–water partition coefficient (Wildman–Crippen LogP) is 3.01. The van der Waals surface area contributed by atoms with E-state index in [2.05, 4.69) is 10.2 Å². The second-order valence-electron chi connectivity index (χ2n) is 8.71. The molecule has 3 rings (SSSR count). The maximum absolute atomic E-state index is 13.3. The number of methoxy groups -OCH3 is 2. The van der Waals surface area contributed by atoms with Crippen LogP contribution in [0.25, 0.3) is 0 Å². The molecule has 8 heteroatoms. The molecule has 0 bridgehead atoms. The molecule has 2 aromatic carbocycles. The number of carbonyl (C=O) groups excluding carboxylic acids is 3. The van der Waals surface area contributed by atoms with E-state index in [1.807, 2.05) is 38.1 Å². The molecule has 1 unspecified atom stereocenters. The van der Waals surface area contributed by atoms with Crippen molar-refractivity contribution in [3.63, 3.8) is 0 Å².